The van der Waals surface area contributed by atoms with Crippen molar-refractivity contribution in [3.63, 3.8) is 0 Å². The molecule has 30 heavy (non-hydrogen) atoms. The third kappa shape index (κ3) is 4.25. The van der Waals surface area contributed by atoms with Crippen LogP contribution in [0, 0.1) is 5.92 Å². The van der Waals surface area contributed by atoms with Gasteiger partial charge < -0.3 is 30.2 Å². The second kappa shape index (κ2) is 8.74. The van der Waals surface area contributed by atoms with Gasteiger partial charge >= 0.3 is 0 Å². The Bertz CT molecular complexity index is 916. The normalized spacial score (nSPS) is 22.9. The largest absolute Gasteiger partial charge is 0.494 e. The lowest BCUT2D eigenvalue weighted by Crippen LogP contribution is -2.45. The predicted octanol–water partition coefficient (Wildman–Crippen LogP) is 2.86. The van der Waals surface area contributed by atoms with Gasteiger partial charge in [0.05, 0.1) is 38.4 Å². The lowest BCUT2D eigenvalue weighted by atomic mass is 9.84. The van der Waals surface area contributed by atoms with E-state index < -0.39 is 0 Å². The van der Waals surface area contributed by atoms with Gasteiger partial charge in [0, 0.05) is 18.8 Å². The van der Waals surface area contributed by atoms with Crippen molar-refractivity contribution in [3.8, 4) is 11.5 Å². The molecule has 1 aromatic carbocycles. The third-order valence-corrected chi connectivity index (χ3v) is 5.55. The average Bonchev–Trinajstić information content (AvgIpc) is 2.73. The summed E-state index contributed by atoms with van der Waals surface area (Å²) in [5.74, 6) is 3.25. The number of rotatable bonds is 7. The molecule has 1 fully saturated rings. The number of benzene rings is 1. The molecule has 2 aromatic rings. The molecule has 0 amide bonds. The Labute approximate surface area is 176 Å². The van der Waals surface area contributed by atoms with E-state index in [9.17, 15) is 0 Å². The van der Waals surface area contributed by atoms with Crippen LogP contribution >= 0.6 is 0 Å². The number of ether oxygens (including phenoxy) is 3. The summed E-state index contributed by atoms with van der Waals surface area (Å²) in [5, 5.41) is 3.21. The zero-order valence-corrected chi connectivity index (χ0v) is 17.5. The van der Waals surface area contributed by atoms with Crippen LogP contribution in [-0.2, 0) is 4.74 Å². The van der Waals surface area contributed by atoms with Crippen molar-refractivity contribution >= 4 is 29.5 Å². The van der Waals surface area contributed by atoms with Crippen molar-refractivity contribution in [1.82, 2.24) is 9.97 Å². The molecule has 2 heterocycles. The number of aliphatic imine (C=N–C) groups is 1. The van der Waals surface area contributed by atoms with E-state index in [1.807, 2.05) is 25.2 Å². The topological polar surface area (TPSA) is 107 Å². The molecule has 1 aliphatic carbocycles. The van der Waals surface area contributed by atoms with Crippen molar-refractivity contribution in [2.24, 2.45) is 16.6 Å². The molecule has 1 atom stereocenters. The van der Waals surface area contributed by atoms with Gasteiger partial charge in [-0.1, -0.05) is 6.92 Å². The number of nitrogens with two attached hydrogens (primary N) is 1. The Balaban J connectivity index is 1.46. The molecule has 3 N–H and O–H groups in total. The highest BCUT2D eigenvalue weighted by atomic mass is 16.5. The van der Waals surface area contributed by atoms with Crippen LogP contribution in [0.2, 0.25) is 0 Å². The molecule has 0 saturated heterocycles. The van der Waals surface area contributed by atoms with Gasteiger partial charge in [-0.05, 0) is 30.9 Å². The van der Waals surface area contributed by atoms with Crippen molar-refractivity contribution < 1.29 is 14.2 Å². The minimum absolute atomic E-state index is 0.115. The molecule has 4 rings (SSSR count). The number of hydrogen-bond acceptors (Lipinski definition) is 8. The number of nitrogens with one attached hydrogen (secondary N) is 1. The zero-order valence-electron chi connectivity index (χ0n) is 17.5. The lowest BCUT2D eigenvalue weighted by Gasteiger charge is -2.38. The summed E-state index contributed by atoms with van der Waals surface area (Å²) >= 11 is 0. The zero-order chi connectivity index (χ0) is 21.1. The van der Waals surface area contributed by atoms with E-state index >= 15 is 0 Å². The van der Waals surface area contributed by atoms with Crippen LogP contribution in [-0.4, -0.2) is 55.8 Å². The molecular formula is C21H28N6O3. The van der Waals surface area contributed by atoms with E-state index in [0.29, 0.717) is 42.5 Å². The smallest absolute Gasteiger partial charge is 0.229 e. The van der Waals surface area contributed by atoms with E-state index in [-0.39, 0.29) is 6.04 Å². The van der Waals surface area contributed by atoms with Crippen LogP contribution in [0.3, 0.4) is 0 Å². The summed E-state index contributed by atoms with van der Waals surface area (Å²) in [5.41, 5.74) is 6.81. The first-order chi connectivity index (χ1) is 14.6. The SMILES string of the molecule is COc1cc(Nc2ncc3c(n2)N(C)[C@@H](COC2CC(C)C2)CO3)ccc1N=CN. The fraction of sp³-hybridized carbons (Fsp3) is 0.476. The number of aromatic nitrogens is 2. The van der Waals surface area contributed by atoms with Crippen LogP contribution in [0.1, 0.15) is 19.8 Å². The summed E-state index contributed by atoms with van der Waals surface area (Å²) in [6, 6.07) is 5.61. The number of likely N-dealkylation sites (N-methyl/N-ethyl adjacent to an activating group) is 1. The fourth-order valence-electron chi connectivity index (χ4n) is 3.69. The Morgan fingerprint density at radius 3 is 2.97 bits per heavy atom. The maximum absolute atomic E-state index is 6.04. The van der Waals surface area contributed by atoms with E-state index in [4.69, 9.17) is 19.9 Å². The Morgan fingerprint density at radius 2 is 2.23 bits per heavy atom. The van der Waals surface area contributed by atoms with Gasteiger partial charge in [0.1, 0.15) is 18.0 Å². The Hall–Kier alpha value is -3.07. The van der Waals surface area contributed by atoms with Crippen molar-refractivity contribution in [2.75, 3.05) is 37.6 Å². The maximum atomic E-state index is 6.04. The van der Waals surface area contributed by atoms with E-state index in [1.165, 1.54) is 6.34 Å². The molecule has 9 heteroatoms. The van der Waals surface area contributed by atoms with Crippen LogP contribution in [0.15, 0.2) is 29.4 Å². The van der Waals surface area contributed by atoms with Crippen LogP contribution in [0.4, 0.5) is 23.1 Å². The molecule has 160 valence electrons. The van der Waals surface area contributed by atoms with E-state index in [2.05, 4.69) is 32.1 Å². The van der Waals surface area contributed by atoms with Gasteiger partial charge in [0.15, 0.2) is 11.6 Å². The number of methoxy groups -OCH3 is 1. The Kier molecular flexibility index (Phi) is 5.89. The summed E-state index contributed by atoms with van der Waals surface area (Å²) in [7, 11) is 3.60. The van der Waals surface area contributed by atoms with Crippen molar-refractivity contribution in [1.29, 1.82) is 0 Å². The molecule has 0 radical (unpaired) electrons. The first-order valence-corrected chi connectivity index (χ1v) is 10.1. The van der Waals surface area contributed by atoms with E-state index in [0.717, 1.165) is 30.3 Å². The summed E-state index contributed by atoms with van der Waals surface area (Å²) in [6.45, 7) is 3.44. The monoisotopic (exact) mass is 412 g/mol. The molecule has 2 aliphatic rings. The molecule has 0 bridgehead atoms. The second-order valence-electron chi connectivity index (χ2n) is 7.78. The number of hydrogen-bond donors (Lipinski definition) is 2. The maximum Gasteiger partial charge on any atom is 0.229 e. The number of anilines is 3. The van der Waals surface area contributed by atoms with Gasteiger partial charge in [-0.3, -0.25) is 0 Å². The van der Waals surface area contributed by atoms with Crippen LogP contribution < -0.4 is 25.4 Å². The van der Waals surface area contributed by atoms with Gasteiger partial charge in [0.25, 0.3) is 0 Å². The minimum atomic E-state index is 0.115. The standard InChI is InChI=1S/C21H28N6O3/c1-13-6-16(7-13)29-10-15-11-30-19-9-23-21(26-20(19)27(15)2)25-14-4-5-17(24-12-22)18(8-14)28-3/h4-5,8-9,12-13,15-16H,6-7,10-11H2,1-3H3,(H2,22,24)(H,23,25,26)/t13?,15-,16?/m0/s1. The minimum Gasteiger partial charge on any atom is -0.494 e. The highest BCUT2D eigenvalue weighted by Gasteiger charge is 2.31. The molecule has 1 saturated carbocycles. The summed E-state index contributed by atoms with van der Waals surface area (Å²) in [4.78, 5) is 15.2. The average molecular weight is 412 g/mol. The van der Waals surface area contributed by atoms with Crippen molar-refractivity contribution in [2.45, 2.75) is 31.9 Å². The Morgan fingerprint density at radius 1 is 1.40 bits per heavy atom. The molecule has 0 unspecified atom stereocenters. The fourth-order valence-corrected chi connectivity index (χ4v) is 3.69. The van der Waals surface area contributed by atoms with Crippen molar-refractivity contribution in [3.05, 3.63) is 24.4 Å². The number of nitrogens with zero attached hydrogens (tertiary/aromatic N) is 4. The first kappa shape index (κ1) is 20.2. The van der Waals surface area contributed by atoms with E-state index in [1.54, 1.807) is 13.3 Å². The van der Waals surface area contributed by atoms with Gasteiger partial charge in [-0.15, -0.1) is 0 Å². The second-order valence-corrected chi connectivity index (χ2v) is 7.78. The quantitative estimate of drug-likeness (QED) is 0.528. The van der Waals surface area contributed by atoms with Crippen LogP contribution in [0.25, 0.3) is 0 Å². The molecule has 9 nitrogen and oxygen atoms in total. The molecule has 0 spiro atoms. The number of fused-ring (bicyclic) bond motifs is 1. The predicted molar refractivity (Wildman–Crippen MR) is 116 cm³/mol. The summed E-state index contributed by atoms with van der Waals surface area (Å²) in [6.07, 6.45) is 5.58. The lowest BCUT2D eigenvalue weighted by molar-refractivity contribution is -0.0355. The first-order valence-electron chi connectivity index (χ1n) is 10.1. The van der Waals surface area contributed by atoms with Gasteiger partial charge in [0.2, 0.25) is 5.95 Å². The highest BCUT2D eigenvalue weighted by molar-refractivity contribution is 5.69. The highest BCUT2D eigenvalue weighted by Crippen LogP contribution is 2.35. The summed E-state index contributed by atoms with van der Waals surface area (Å²) < 4.78 is 17.3. The van der Waals surface area contributed by atoms with Gasteiger partial charge in [-0.2, -0.15) is 4.98 Å². The molecule has 1 aliphatic heterocycles. The third-order valence-electron chi connectivity index (χ3n) is 5.55. The van der Waals surface area contributed by atoms with Crippen LogP contribution in [0.5, 0.6) is 11.5 Å². The van der Waals surface area contributed by atoms with Gasteiger partial charge in [-0.25, -0.2) is 9.98 Å². The molecule has 1 aromatic heterocycles. The molecular weight excluding hydrogens is 384 g/mol.